The number of aromatic nitrogens is 2. The highest BCUT2D eigenvalue weighted by molar-refractivity contribution is 9.10. The summed E-state index contributed by atoms with van der Waals surface area (Å²) in [4.78, 5) is 24.5. The second-order valence-corrected chi connectivity index (χ2v) is 8.82. The zero-order valence-corrected chi connectivity index (χ0v) is 21.7. The van der Waals surface area contributed by atoms with E-state index in [2.05, 4.69) is 40.2 Å². The molecule has 0 bridgehead atoms. The van der Waals surface area contributed by atoms with Crippen molar-refractivity contribution >= 4 is 27.8 Å². The molecule has 0 saturated heterocycles. The molecule has 2 aromatic rings. The van der Waals surface area contributed by atoms with Gasteiger partial charge in [-0.3, -0.25) is 4.79 Å². The summed E-state index contributed by atoms with van der Waals surface area (Å²) in [7, 11) is 0. The molecular formula is C25H36BrN3O4. The second kappa shape index (κ2) is 14.2. The van der Waals surface area contributed by atoms with Gasteiger partial charge in [-0.1, -0.05) is 33.1 Å². The largest absolute Gasteiger partial charge is 0.461 e. The molecule has 0 aliphatic heterocycles. The first-order chi connectivity index (χ1) is 15.9. The van der Waals surface area contributed by atoms with E-state index < -0.39 is 5.97 Å². The van der Waals surface area contributed by atoms with E-state index in [1.165, 1.54) is 19.3 Å². The van der Waals surface area contributed by atoms with Gasteiger partial charge in [0.2, 0.25) is 0 Å². The smallest absolute Gasteiger partial charge is 0.360 e. The maximum Gasteiger partial charge on any atom is 0.360 e. The standard InChI is InChI=1S/C25H36BrN3O4/c1-5-8-10-19(6-2)17-32-16-9-15-27-24(30)20-11-13-21(14-12-20)29-18(4)22(26)23(28-29)25(31)33-7-3/h11-14,19H,5-10,15-17H2,1-4H3,(H,27,30)/t19-/m1/s1. The van der Waals surface area contributed by atoms with Crippen molar-refractivity contribution < 1.29 is 19.1 Å². The minimum absolute atomic E-state index is 0.124. The number of nitrogens with one attached hydrogen (secondary N) is 1. The van der Waals surface area contributed by atoms with Crippen LogP contribution < -0.4 is 5.32 Å². The Bertz CT molecular complexity index is 896. The van der Waals surface area contributed by atoms with E-state index in [1.54, 1.807) is 35.9 Å². The van der Waals surface area contributed by atoms with Crippen molar-refractivity contribution in [3.8, 4) is 5.69 Å². The minimum Gasteiger partial charge on any atom is -0.461 e. The SMILES string of the molecule is CCCC[C@@H](CC)COCCCNC(=O)c1ccc(-n2nc(C(=O)OCC)c(Br)c2C)cc1. The van der Waals surface area contributed by atoms with E-state index in [0.29, 0.717) is 29.1 Å². The van der Waals surface area contributed by atoms with Crippen LogP contribution in [0.4, 0.5) is 0 Å². The van der Waals surface area contributed by atoms with Crippen LogP contribution in [0, 0.1) is 12.8 Å². The van der Waals surface area contributed by atoms with Crippen molar-refractivity contribution in [1.29, 1.82) is 0 Å². The number of carbonyl (C=O) groups excluding carboxylic acids is 2. The van der Waals surface area contributed by atoms with Crippen LogP contribution in [0.5, 0.6) is 0 Å². The summed E-state index contributed by atoms with van der Waals surface area (Å²) < 4.78 is 13.1. The van der Waals surface area contributed by atoms with Gasteiger partial charge < -0.3 is 14.8 Å². The molecule has 1 heterocycles. The third-order valence-corrected chi connectivity index (χ3v) is 6.48. The molecule has 2 rings (SSSR count). The molecule has 1 aromatic carbocycles. The van der Waals surface area contributed by atoms with E-state index in [-0.39, 0.29) is 18.2 Å². The van der Waals surface area contributed by atoms with E-state index in [0.717, 1.165) is 30.8 Å². The summed E-state index contributed by atoms with van der Waals surface area (Å²) in [6.45, 7) is 10.3. The molecule has 1 aromatic heterocycles. The molecule has 7 nitrogen and oxygen atoms in total. The number of esters is 1. The number of halogens is 1. The Morgan fingerprint density at radius 2 is 1.88 bits per heavy atom. The number of unbranched alkanes of at least 4 members (excludes halogenated alkanes) is 1. The van der Waals surface area contributed by atoms with Gasteiger partial charge in [0.05, 0.1) is 22.5 Å². The number of hydrogen-bond acceptors (Lipinski definition) is 5. The van der Waals surface area contributed by atoms with E-state index in [4.69, 9.17) is 9.47 Å². The fourth-order valence-electron chi connectivity index (χ4n) is 3.44. The Morgan fingerprint density at radius 3 is 2.52 bits per heavy atom. The maximum absolute atomic E-state index is 12.4. The molecular weight excluding hydrogens is 486 g/mol. The predicted octanol–water partition coefficient (Wildman–Crippen LogP) is 5.47. The topological polar surface area (TPSA) is 82.5 Å². The Hall–Kier alpha value is -2.19. The molecule has 0 spiro atoms. The van der Waals surface area contributed by atoms with Crippen molar-refractivity contribution in [2.75, 3.05) is 26.4 Å². The van der Waals surface area contributed by atoms with Gasteiger partial charge in [-0.15, -0.1) is 0 Å². The van der Waals surface area contributed by atoms with Crippen molar-refractivity contribution in [3.05, 3.63) is 45.7 Å². The molecule has 0 radical (unpaired) electrons. The molecule has 33 heavy (non-hydrogen) atoms. The Morgan fingerprint density at radius 1 is 1.15 bits per heavy atom. The quantitative estimate of drug-likeness (QED) is 0.263. The van der Waals surface area contributed by atoms with Gasteiger partial charge in [-0.2, -0.15) is 5.10 Å². The van der Waals surface area contributed by atoms with Gasteiger partial charge >= 0.3 is 5.97 Å². The number of rotatable bonds is 14. The Balaban J connectivity index is 1.84. The predicted molar refractivity (Wildman–Crippen MR) is 133 cm³/mol. The third kappa shape index (κ3) is 7.96. The van der Waals surface area contributed by atoms with E-state index >= 15 is 0 Å². The highest BCUT2D eigenvalue weighted by Gasteiger charge is 2.21. The summed E-state index contributed by atoms with van der Waals surface area (Å²) in [5, 5.41) is 7.30. The average Bonchev–Trinajstić information content (AvgIpc) is 3.12. The van der Waals surface area contributed by atoms with E-state index in [9.17, 15) is 9.59 Å². The first kappa shape index (κ1) is 27.1. The molecule has 0 aliphatic carbocycles. The zero-order valence-electron chi connectivity index (χ0n) is 20.2. The van der Waals surface area contributed by atoms with Gasteiger partial charge in [0.1, 0.15) is 0 Å². The fraction of sp³-hybridized carbons (Fsp3) is 0.560. The van der Waals surface area contributed by atoms with Crippen molar-refractivity contribution in [1.82, 2.24) is 15.1 Å². The van der Waals surface area contributed by atoms with Crippen LogP contribution >= 0.6 is 15.9 Å². The van der Waals surface area contributed by atoms with E-state index in [1.807, 2.05) is 6.92 Å². The van der Waals surface area contributed by atoms with Gasteiger partial charge in [0.15, 0.2) is 5.69 Å². The van der Waals surface area contributed by atoms with Crippen molar-refractivity contribution in [3.63, 3.8) is 0 Å². The van der Waals surface area contributed by atoms with Crippen LogP contribution in [0.2, 0.25) is 0 Å². The lowest BCUT2D eigenvalue weighted by atomic mass is 10.0. The first-order valence-electron chi connectivity index (χ1n) is 11.8. The van der Waals surface area contributed by atoms with Gasteiger partial charge in [0.25, 0.3) is 5.91 Å². The summed E-state index contributed by atoms with van der Waals surface area (Å²) in [6, 6.07) is 7.11. The number of benzene rings is 1. The second-order valence-electron chi connectivity index (χ2n) is 8.03. The van der Waals surface area contributed by atoms with Crippen LogP contribution in [0.15, 0.2) is 28.7 Å². The van der Waals surface area contributed by atoms with Gasteiger partial charge in [0, 0.05) is 25.3 Å². The molecule has 0 saturated carbocycles. The van der Waals surface area contributed by atoms with Crippen LogP contribution in [0.25, 0.3) is 5.69 Å². The van der Waals surface area contributed by atoms with Crippen LogP contribution in [-0.4, -0.2) is 48.0 Å². The number of carbonyl (C=O) groups is 2. The summed E-state index contributed by atoms with van der Waals surface area (Å²) in [5.41, 5.74) is 2.33. The molecule has 182 valence electrons. The zero-order chi connectivity index (χ0) is 24.2. The molecule has 1 atom stereocenters. The average molecular weight is 522 g/mol. The fourth-order valence-corrected chi connectivity index (χ4v) is 3.85. The normalized spacial score (nSPS) is 11.9. The molecule has 0 fully saturated rings. The van der Waals surface area contributed by atoms with Gasteiger partial charge in [-0.05, 0) is 72.8 Å². The molecule has 8 heteroatoms. The summed E-state index contributed by atoms with van der Waals surface area (Å²) in [5.74, 6) is 0.0318. The number of amides is 1. The lowest BCUT2D eigenvalue weighted by molar-refractivity contribution is 0.0517. The third-order valence-electron chi connectivity index (χ3n) is 5.53. The Kier molecular flexibility index (Phi) is 11.6. The van der Waals surface area contributed by atoms with Crippen molar-refractivity contribution in [2.45, 2.75) is 59.8 Å². The van der Waals surface area contributed by atoms with Crippen molar-refractivity contribution in [2.24, 2.45) is 5.92 Å². The number of ether oxygens (including phenoxy) is 2. The lowest BCUT2D eigenvalue weighted by Gasteiger charge is -2.14. The Labute approximate surface area is 205 Å². The van der Waals surface area contributed by atoms with Gasteiger partial charge in [-0.25, -0.2) is 9.48 Å². The summed E-state index contributed by atoms with van der Waals surface area (Å²) >= 11 is 3.42. The van der Waals surface area contributed by atoms with Crippen LogP contribution in [0.1, 0.15) is 79.4 Å². The first-order valence-corrected chi connectivity index (χ1v) is 12.6. The molecule has 0 aliphatic rings. The number of nitrogens with zero attached hydrogens (tertiary/aromatic N) is 2. The maximum atomic E-state index is 12.4. The molecule has 1 amide bonds. The lowest BCUT2D eigenvalue weighted by Crippen LogP contribution is -2.25. The minimum atomic E-state index is -0.475. The number of hydrogen-bond donors (Lipinski definition) is 1. The highest BCUT2D eigenvalue weighted by atomic mass is 79.9. The van der Waals surface area contributed by atoms with Crippen LogP contribution in [-0.2, 0) is 9.47 Å². The van der Waals surface area contributed by atoms with Crippen LogP contribution in [0.3, 0.4) is 0 Å². The monoisotopic (exact) mass is 521 g/mol. The molecule has 0 unspecified atom stereocenters. The highest BCUT2D eigenvalue weighted by Crippen LogP contribution is 2.24. The summed E-state index contributed by atoms with van der Waals surface area (Å²) in [6.07, 6.45) is 5.62. The molecule has 1 N–H and O–H groups in total.